The Kier molecular flexibility index (Phi) is 4.07. The predicted molar refractivity (Wildman–Crippen MR) is 59.4 cm³/mol. The maximum absolute atomic E-state index is 5.74. The maximum atomic E-state index is 5.74. The van der Waals surface area contributed by atoms with Gasteiger partial charge in [0.2, 0.25) is 0 Å². The summed E-state index contributed by atoms with van der Waals surface area (Å²) in [6, 6.07) is 3.84. The molecule has 0 aromatic carbocycles. The molecular formula is C10H14ClNS. The minimum absolute atomic E-state index is 0.591. The van der Waals surface area contributed by atoms with Gasteiger partial charge in [-0.15, -0.1) is 11.8 Å². The first-order valence-electron chi connectivity index (χ1n) is 4.38. The lowest BCUT2D eigenvalue weighted by molar-refractivity contribution is 0.641. The summed E-state index contributed by atoms with van der Waals surface area (Å²) < 4.78 is 0. The van der Waals surface area contributed by atoms with Gasteiger partial charge in [0, 0.05) is 11.4 Å². The second-order valence-electron chi connectivity index (χ2n) is 3.38. The highest BCUT2D eigenvalue weighted by atomic mass is 35.5. The van der Waals surface area contributed by atoms with Crippen molar-refractivity contribution < 1.29 is 0 Å². The lowest BCUT2D eigenvalue weighted by atomic mass is 10.2. The Morgan fingerprint density at radius 1 is 1.31 bits per heavy atom. The van der Waals surface area contributed by atoms with Gasteiger partial charge >= 0.3 is 0 Å². The first kappa shape index (κ1) is 10.9. The van der Waals surface area contributed by atoms with E-state index in [1.807, 2.05) is 12.1 Å². The average molecular weight is 216 g/mol. The molecule has 1 aromatic rings. The molecule has 1 atom stereocenters. The van der Waals surface area contributed by atoms with E-state index >= 15 is 0 Å². The van der Waals surface area contributed by atoms with Crippen LogP contribution in [-0.2, 0) is 0 Å². The summed E-state index contributed by atoms with van der Waals surface area (Å²) in [4.78, 5) is 4.23. The Balaban J connectivity index is 2.59. The zero-order valence-electron chi connectivity index (χ0n) is 8.12. The zero-order chi connectivity index (χ0) is 9.84. The molecule has 72 valence electrons. The Morgan fingerprint density at radius 2 is 2.00 bits per heavy atom. The van der Waals surface area contributed by atoms with Gasteiger partial charge in [0.25, 0.3) is 0 Å². The van der Waals surface area contributed by atoms with Crippen LogP contribution in [0.2, 0.25) is 5.02 Å². The monoisotopic (exact) mass is 215 g/mol. The fraction of sp³-hybridized carbons (Fsp3) is 0.500. The van der Waals surface area contributed by atoms with Gasteiger partial charge in [-0.05, 0) is 18.1 Å². The Morgan fingerprint density at radius 3 is 2.46 bits per heavy atom. The summed E-state index contributed by atoms with van der Waals surface area (Å²) >= 11 is 7.53. The van der Waals surface area contributed by atoms with Crippen molar-refractivity contribution in [3.63, 3.8) is 0 Å². The highest BCUT2D eigenvalue weighted by molar-refractivity contribution is 7.99. The standard InChI is InChI=1S/C10H14ClNS/c1-7(2)8(3)13-10-5-4-9(11)6-12-10/h4-8H,1-3H3. The number of hydrogen-bond donors (Lipinski definition) is 0. The van der Waals surface area contributed by atoms with Crippen molar-refractivity contribution >= 4 is 23.4 Å². The molecule has 0 N–H and O–H groups in total. The van der Waals surface area contributed by atoms with Crippen LogP contribution >= 0.6 is 23.4 Å². The van der Waals surface area contributed by atoms with Gasteiger partial charge in [0.1, 0.15) is 0 Å². The number of pyridine rings is 1. The SMILES string of the molecule is CC(C)C(C)Sc1ccc(Cl)cn1. The molecule has 0 fully saturated rings. The molecule has 0 spiro atoms. The molecule has 0 amide bonds. The van der Waals surface area contributed by atoms with Crippen LogP contribution in [0.3, 0.4) is 0 Å². The number of thioether (sulfide) groups is 1. The van der Waals surface area contributed by atoms with E-state index in [-0.39, 0.29) is 0 Å². The summed E-state index contributed by atoms with van der Waals surface area (Å²) in [6.07, 6.45) is 1.69. The normalized spacial score (nSPS) is 13.3. The molecule has 0 aliphatic carbocycles. The third-order valence-corrected chi connectivity index (χ3v) is 3.57. The third-order valence-electron chi connectivity index (χ3n) is 1.95. The first-order valence-corrected chi connectivity index (χ1v) is 5.63. The first-order chi connectivity index (χ1) is 6.09. The van der Waals surface area contributed by atoms with Crippen LogP contribution in [0.15, 0.2) is 23.4 Å². The lowest BCUT2D eigenvalue weighted by Gasteiger charge is -2.13. The van der Waals surface area contributed by atoms with Gasteiger partial charge in [-0.3, -0.25) is 0 Å². The summed E-state index contributed by atoms with van der Waals surface area (Å²) in [7, 11) is 0. The van der Waals surface area contributed by atoms with Crippen molar-refractivity contribution in [1.82, 2.24) is 4.98 Å². The Labute approximate surface area is 88.9 Å². The van der Waals surface area contributed by atoms with Gasteiger partial charge in [-0.1, -0.05) is 32.4 Å². The fourth-order valence-electron chi connectivity index (χ4n) is 0.759. The van der Waals surface area contributed by atoms with Crippen LogP contribution < -0.4 is 0 Å². The molecule has 0 bridgehead atoms. The Bertz CT molecular complexity index is 258. The van der Waals surface area contributed by atoms with E-state index in [4.69, 9.17) is 11.6 Å². The van der Waals surface area contributed by atoms with Crippen LogP contribution in [0.5, 0.6) is 0 Å². The summed E-state index contributed by atoms with van der Waals surface area (Å²) in [6.45, 7) is 6.65. The molecule has 0 saturated heterocycles. The number of nitrogens with zero attached hydrogens (tertiary/aromatic N) is 1. The van der Waals surface area contributed by atoms with Gasteiger partial charge in [0.05, 0.1) is 10.0 Å². The van der Waals surface area contributed by atoms with Crippen molar-refractivity contribution in [2.75, 3.05) is 0 Å². The van der Waals surface area contributed by atoms with E-state index in [0.29, 0.717) is 16.2 Å². The second kappa shape index (κ2) is 4.87. The van der Waals surface area contributed by atoms with Crippen molar-refractivity contribution in [2.45, 2.75) is 31.0 Å². The maximum Gasteiger partial charge on any atom is 0.0963 e. The van der Waals surface area contributed by atoms with Crippen LogP contribution in [0.1, 0.15) is 20.8 Å². The summed E-state index contributed by atoms with van der Waals surface area (Å²) in [5.41, 5.74) is 0. The molecule has 0 saturated carbocycles. The quantitative estimate of drug-likeness (QED) is 0.710. The topological polar surface area (TPSA) is 12.9 Å². The molecule has 13 heavy (non-hydrogen) atoms. The highest BCUT2D eigenvalue weighted by Gasteiger charge is 2.08. The van der Waals surface area contributed by atoms with Gasteiger partial charge in [0.15, 0.2) is 0 Å². The molecular weight excluding hydrogens is 202 g/mol. The van der Waals surface area contributed by atoms with Crippen molar-refractivity contribution in [3.05, 3.63) is 23.4 Å². The van der Waals surface area contributed by atoms with E-state index in [9.17, 15) is 0 Å². The van der Waals surface area contributed by atoms with Crippen LogP contribution in [0.4, 0.5) is 0 Å². The molecule has 1 heterocycles. The number of aromatic nitrogens is 1. The summed E-state index contributed by atoms with van der Waals surface area (Å²) in [5, 5.41) is 2.33. The van der Waals surface area contributed by atoms with Gasteiger partial charge in [-0.25, -0.2) is 4.98 Å². The van der Waals surface area contributed by atoms with Crippen molar-refractivity contribution in [1.29, 1.82) is 0 Å². The fourth-order valence-corrected chi connectivity index (χ4v) is 1.78. The average Bonchev–Trinajstić information content (AvgIpc) is 2.08. The number of rotatable bonds is 3. The van der Waals surface area contributed by atoms with Gasteiger partial charge in [-0.2, -0.15) is 0 Å². The minimum atomic E-state index is 0.591. The summed E-state index contributed by atoms with van der Waals surface area (Å²) in [5.74, 6) is 0.669. The van der Waals surface area contributed by atoms with Crippen molar-refractivity contribution in [2.24, 2.45) is 5.92 Å². The molecule has 1 aromatic heterocycles. The van der Waals surface area contributed by atoms with Crippen LogP contribution in [-0.4, -0.2) is 10.2 Å². The van der Waals surface area contributed by atoms with Crippen LogP contribution in [0, 0.1) is 5.92 Å². The number of hydrogen-bond acceptors (Lipinski definition) is 2. The molecule has 0 aliphatic heterocycles. The Hall–Kier alpha value is -0.210. The third kappa shape index (κ3) is 3.57. The van der Waals surface area contributed by atoms with E-state index in [1.54, 1.807) is 18.0 Å². The van der Waals surface area contributed by atoms with E-state index in [2.05, 4.69) is 25.8 Å². The predicted octanol–water partition coefficient (Wildman–Crippen LogP) is 3.87. The van der Waals surface area contributed by atoms with Crippen LogP contribution in [0.25, 0.3) is 0 Å². The lowest BCUT2D eigenvalue weighted by Crippen LogP contribution is -2.05. The minimum Gasteiger partial charge on any atom is -0.248 e. The molecule has 0 radical (unpaired) electrons. The molecule has 1 nitrogen and oxygen atoms in total. The van der Waals surface area contributed by atoms with E-state index in [1.165, 1.54) is 0 Å². The molecule has 3 heteroatoms. The van der Waals surface area contributed by atoms with Gasteiger partial charge < -0.3 is 0 Å². The highest BCUT2D eigenvalue weighted by Crippen LogP contribution is 2.26. The largest absolute Gasteiger partial charge is 0.248 e. The zero-order valence-corrected chi connectivity index (χ0v) is 9.69. The second-order valence-corrected chi connectivity index (χ2v) is 5.22. The number of halogens is 1. The van der Waals surface area contributed by atoms with E-state index < -0.39 is 0 Å². The smallest absolute Gasteiger partial charge is 0.0963 e. The molecule has 0 aliphatic rings. The molecule has 1 rings (SSSR count). The molecule has 1 unspecified atom stereocenters. The van der Waals surface area contributed by atoms with E-state index in [0.717, 1.165) is 5.03 Å². The van der Waals surface area contributed by atoms with Crippen molar-refractivity contribution in [3.8, 4) is 0 Å².